The van der Waals surface area contributed by atoms with Crippen LogP contribution in [0.4, 0.5) is 28.9 Å². The molecule has 0 radical (unpaired) electrons. The Morgan fingerprint density at radius 1 is 0.617 bits per heavy atom. The maximum absolute atomic E-state index is 17.4. The van der Waals surface area contributed by atoms with E-state index in [4.69, 9.17) is 0 Å². The van der Waals surface area contributed by atoms with Crippen molar-refractivity contribution in [3.05, 3.63) is 96.1 Å². The van der Waals surface area contributed by atoms with Gasteiger partial charge in [0, 0.05) is 0 Å². The van der Waals surface area contributed by atoms with Crippen molar-refractivity contribution in [3.8, 4) is 0 Å². The van der Waals surface area contributed by atoms with Crippen LogP contribution in [-0.4, -0.2) is 24.9 Å². The Hall–Kier alpha value is -3.23. The van der Waals surface area contributed by atoms with Crippen molar-refractivity contribution >= 4 is 30.9 Å². The predicted octanol–water partition coefficient (Wildman–Crippen LogP) is 8.75. The number of halogens is 4. The van der Waals surface area contributed by atoms with Crippen molar-refractivity contribution in [3.63, 3.8) is 0 Å². The summed E-state index contributed by atoms with van der Waals surface area (Å²) in [6.07, 6.45) is 14.9. The quantitative estimate of drug-likeness (QED) is 0.166. The van der Waals surface area contributed by atoms with E-state index in [0.29, 0.717) is 12.8 Å². The van der Waals surface area contributed by atoms with Crippen molar-refractivity contribution in [2.45, 2.75) is 76.7 Å². The zero-order valence-corrected chi connectivity index (χ0v) is 30.2. The van der Waals surface area contributed by atoms with Gasteiger partial charge in [0.15, 0.2) is 0 Å². The van der Waals surface area contributed by atoms with Gasteiger partial charge in [-0.2, -0.15) is 0 Å². The Balaban J connectivity index is 2.16. The summed E-state index contributed by atoms with van der Waals surface area (Å²) in [6, 6.07) is 4.70. The van der Waals surface area contributed by atoms with Gasteiger partial charge in [0.1, 0.15) is 0 Å². The van der Waals surface area contributed by atoms with Crippen LogP contribution in [0.25, 0.3) is 0 Å². The summed E-state index contributed by atoms with van der Waals surface area (Å²) in [4.78, 5) is 30.0. The van der Waals surface area contributed by atoms with Crippen LogP contribution >= 0.6 is 0 Å². The molecule has 0 saturated heterocycles. The number of amides is 2. The summed E-state index contributed by atoms with van der Waals surface area (Å²) in [7, 11) is 0. The minimum atomic E-state index is -5.15. The first-order valence-corrected chi connectivity index (χ1v) is 19.8. The normalized spacial score (nSPS) is 15.2. The second-order valence-corrected chi connectivity index (χ2v) is 19.9. The van der Waals surface area contributed by atoms with Crippen LogP contribution < -0.4 is 17.5 Å². The summed E-state index contributed by atoms with van der Waals surface area (Å²) in [5.74, 6) is -4.51. The molecule has 2 aromatic rings. The first-order chi connectivity index (χ1) is 22.1. The van der Waals surface area contributed by atoms with Crippen LogP contribution in [0.5, 0.6) is 0 Å². The number of nitrogens with zero attached hydrogens (tertiary/aromatic N) is 2. The van der Waals surface area contributed by atoms with Crippen LogP contribution in [0.2, 0.25) is 8.45 Å². The molecule has 2 aliphatic carbocycles. The molecule has 0 N–H and O–H groups in total. The van der Waals surface area contributed by atoms with E-state index in [0.717, 1.165) is 12.1 Å². The Kier molecular flexibility index (Phi) is 11.0. The van der Waals surface area contributed by atoms with Crippen molar-refractivity contribution in [2.75, 3.05) is 22.9 Å². The van der Waals surface area contributed by atoms with E-state index in [9.17, 15) is 9.59 Å². The summed E-state index contributed by atoms with van der Waals surface area (Å²) in [6.45, 7) is 14.4. The van der Waals surface area contributed by atoms with Crippen LogP contribution in [0.1, 0.15) is 68.2 Å². The van der Waals surface area contributed by atoms with E-state index in [1.54, 1.807) is 90.2 Å². The van der Waals surface area contributed by atoms with Gasteiger partial charge in [0.25, 0.3) is 0 Å². The van der Waals surface area contributed by atoms with Crippen LogP contribution in [0.15, 0.2) is 72.9 Å². The van der Waals surface area contributed by atoms with Crippen molar-refractivity contribution in [2.24, 2.45) is 10.8 Å². The van der Waals surface area contributed by atoms with Gasteiger partial charge in [-0.05, 0) is 0 Å². The van der Waals surface area contributed by atoms with Gasteiger partial charge in [0.2, 0.25) is 0 Å². The number of carbonyl (C=O) groups excluding carboxylic acids is 2. The zero-order valence-electron chi connectivity index (χ0n) is 28.6. The fourth-order valence-electron chi connectivity index (χ4n) is 6.62. The van der Waals surface area contributed by atoms with Gasteiger partial charge in [-0.15, -0.1) is 0 Å². The number of benzene rings is 2. The number of hydrogen-bond donors (Lipinski definition) is 0. The Morgan fingerprint density at radius 2 is 0.936 bits per heavy atom. The second-order valence-electron chi connectivity index (χ2n) is 13.5. The van der Waals surface area contributed by atoms with Gasteiger partial charge >= 0.3 is 281 Å². The molecule has 47 heavy (non-hydrogen) atoms. The zero-order chi connectivity index (χ0) is 34.9. The fraction of sp³-hybridized carbons (Fsp3) is 0.421. The molecule has 0 fully saturated rings. The molecule has 0 aliphatic heterocycles. The maximum atomic E-state index is 17.4. The molecular weight excluding hydrogens is 640 g/mol. The molecule has 2 aromatic carbocycles. The summed E-state index contributed by atoms with van der Waals surface area (Å²) in [5, 5.41) is 0. The number of rotatable bonds is 12. The summed E-state index contributed by atoms with van der Waals surface area (Å²) < 4.78 is 65.9. The molecule has 0 aromatic heterocycles. The Bertz CT molecular complexity index is 1510. The first-order valence-electron chi connectivity index (χ1n) is 16.5. The van der Waals surface area contributed by atoms with E-state index >= 15 is 17.6 Å². The van der Waals surface area contributed by atoms with Gasteiger partial charge in [-0.25, -0.2) is 0 Å². The molecule has 0 unspecified atom stereocenters. The van der Waals surface area contributed by atoms with Gasteiger partial charge in [-0.1, -0.05) is 0 Å². The molecule has 252 valence electrons. The molecule has 4 nitrogen and oxygen atoms in total. The van der Waals surface area contributed by atoms with E-state index < -0.39 is 59.1 Å². The van der Waals surface area contributed by atoms with Crippen LogP contribution in [-0.2, 0) is 26.2 Å². The Labute approximate surface area is 280 Å². The first kappa shape index (κ1) is 36.6. The van der Waals surface area contributed by atoms with E-state index in [1.807, 2.05) is 13.8 Å². The van der Waals surface area contributed by atoms with Gasteiger partial charge in [0.05, 0.1) is 0 Å². The average Bonchev–Trinajstić information content (AvgIpc) is 3.78. The molecule has 0 heterocycles. The third kappa shape index (κ3) is 6.24. The topological polar surface area (TPSA) is 40.6 Å². The average molecular weight is 687 g/mol. The Morgan fingerprint density at radius 3 is 1.21 bits per heavy atom. The van der Waals surface area contributed by atoms with Crippen molar-refractivity contribution in [1.82, 2.24) is 0 Å². The molecule has 0 spiro atoms. The van der Waals surface area contributed by atoms with Crippen molar-refractivity contribution < 1.29 is 43.7 Å². The van der Waals surface area contributed by atoms with Gasteiger partial charge in [-0.3, -0.25) is 0 Å². The molecule has 4 rings (SSSR count). The molecule has 0 saturated carbocycles. The predicted molar refractivity (Wildman–Crippen MR) is 180 cm³/mol. The van der Waals surface area contributed by atoms with Crippen LogP contribution in [0, 0.1) is 34.1 Å². The molecular formula is C38H46F4N2O2Ti. The third-order valence-corrected chi connectivity index (χ3v) is 18.6. The van der Waals surface area contributed by atoms with E-state index in [2.05, 4.69) is 0 Å². The molecule has 2 amide bonds. The third-order valence-electron chi connectivity index (χ3n) is 10.1. The summed E-state index contributed by atoms with van der Waals surface area (Å²) >= 11 is -5.15. The number of anilines is 2. The molecule has 0 bridgehead atoms. The number of carbonyl (C=O) groups is 2. The monoisotopic (exact) mass is 686 g/mol. The van der Waals surface area contributed by atoms with E-state index in [1.165, 1.54) is 21.9 Å². The van der Waals surface area contributed by atoms with Crippen molar-refractivity contribution in [1.29, 1.82) is 0 Å². The number of allylic oxidation sites excluding steroid dienone is 8. The van der Waals surface area contributed by atoms with Crippen LogP contribution in [0.3, 0.4) is 0 Å². The summed E-state index contributed by atoms with van der Waals surface area (Å²) in [5.41, 5.74) is -1.93. The standard InChI is InChI=1S/2C14H18F2NO.2C5H5.Ti/c2*1-5-14(3,4)13(18)17(6-2)12-8-7-10(15)9-11(12)16;2*1-2-4-5-3-1;/h2*7-8H,5-6H2,1-4H3;2*1-5H;. The molecule has 2 aliphatic rings. The molecule has 0 atom stereocenters. The second kappa shape index (κ2) is 14.1. The SMILES string of the molecule is CCN(C(=O)C(C)(C)CC)c1ccc(F)[c]([Ti]([c]2c(F)ccc(N(CC)C(=O)C(C)(C)CC)c2F)([CH]2C=CC=C2)[CH]2C=CC=C2)c1F. The minimum absolute atomic E-state index is 0.107. The molecule has 9 heteroatoms. The fourth-order valence-corrected chi connectivity index (χ4v) is 15.4. The number of hydrogen-bond acceptors (Lipinski definition) is 2. The van der Waals surface area contributed by atoms with E-state index in [-0.39, 0.29) is 44.0 Å². The van der Waals surface area contributed by atoms with Gasteiger partial charge < -0.3 is 0 Å².